The molecule has 0 unspecified atom stereocenters. The smallest absolute Gasteiger partial charge is 0.275 e. The zero-order chi connectivity index (χ0) is 22.0. The van der Waals surface area contributed by atoms with Crippen LogP contribution in [0, 0.1) is 20.8 Å². The van der Waals surface area contributed by atoms with Crippen LogP contribution in [0.3, 0.4) is 0 Å². The van der Waals surface area contributed by atoms with Crippen LogP contribution >= 0.6 is 11.3 Å². The normalized spacial score (nSPS) is 10.9. The summed E-state index contributed by atoms with van der Waals surface area (Å²) in [6.45, 7) is 6.05. The minimum Gasteiger partial charge on any atom is -0.484 e. The Morgan fingerprint density at radius 1 is 1.10 bits per heavy atom. The molecule has 7 nitrogen and oxygen atoms in total. The number of carbonyl (C=O) groups excluding carboxylic acids is 1. The van der Waals surface area contributed by atoms with Gasteiger partial charge in [-0.2, -0.15) is 9.61 Å². The summed E-state index contributed by atoms with van der Waals surface area (Å²) in [6.07, 6.45) is 0. The summed E-state index contributed by atoms with van der Waals surface area (Å²) in [4.78, 5) is 29.6. The van der Waals surface area contributed by atoms with Crippen molar-refractivity contribution in [2.24, 2.45) is 0 Å². The maximum atomic E-state index is 12.5. The molecule has 0 aliphatic heterocycles. The maximum absolute atomic E-state index is 12.5. The highest BCUT2D eigenvalue weighted by Gasteiger charge is 2.12. The molecule has 0 aliphatic carbocycles. The van der Waals surface area contributed by atoms with Gasteiger partial charge in [-0.05, 0) is 50.1 Å². The molecule has 0 bridgehead atoms. The number of fused-ring (bicyclic) bond motifs is 1. The molecule has 0 spiro atoms. The van der Waals surface area contributed by atoms with Crippen LogP contribution in [0.2, 0.25) is 0 Å². The maximum Gasteiger partial charge on any atom is 0.275 e. The second-order valence-electron chi connectivity index (χ2n) is 7.37. The molecule has 2 aromatic heterocycles. The molecule has 0 saturated carbocycles. The minimum atomic E-state index is -0.287. The average molecular weight is 435 g/mol. The molecule has 2 aromatic carbocycles. The van der Waals surface area contributed by atoms with E-state index in [9.17, 15) is 9.59 Å². The number of aryl methyl sites for hydroxylation is 3. The number of hydrogen-bond acceptors (Lipinski definition) is 6. The number of aromatic nitrogens is 3. The van der Waals surface area contributed by atoms with E-state index >= 15 is 0 Å². The number of benzene rings is 2. The first-order valence-corrected chi connectivity index (χ1v) is 10.6. The van der Waals surface area contributed by atoms with E-state index in [0.717, 1.165) is 27.3 Å². The van der Waals surface area contributed by atoms with Crippen molar-refractivity contribution in [2.45, 2.75) is 27.3 Å². The molecule has 1 amide bonds. The van der Waals surface area contributed by atoms with Gasteiger partial charge in [0.2, 0.25) is 4.96 Å². The first-order chi connectivity index (χ1) is 14.9. The Morgan fingerprint density at radius 2 is 1.94 bits per heavy atom. The van der Waals surface area contributed by atoms with Gasteiger partial charge in [-0.1, -0.05) is 41.2 Å². The highest BCUT2D eigenvalue weighted by Crippen LogP contribution is 2.24. The second-order valence-corrected chi connectivity index (χ2v) is 8.32. The molecule has 2 heterocycles. The van der Waals surface area contributed by atoms with E-state index in [0.29, 0.717) is 16.4 Å². The van der Waals surface area contributed by atoms with Crippen LogP contribution in [0.15, 0.2) is 53.3 Å². The van der Waals surface area contributed by atoms with E-state index in [4.69, 9.17) is 4.74 Å². The van der Waals surface area contributed by atoms with Gasteiger partial charge in [0.15, 0.2) is 6.61 Å². The van der Waals surface area contributed by atoms with E-state index in [1.165, 1.54) is 21.9 Å². The SMILES string of the molecule is Cc1cccc(-c2nn3c(=O)cc(CNC(=O)COc4ccc(C)c(C)c4)nc3s2)c1. The highest BCUT2D eigenvalue weighted by atomic mass is 32.1. The lowest BCUT2D eigenvalue weighted by atomic mass is 10.1. The fourth-order valence-corrected chi connectivity index (χ4v) is 3.95. The number of rotatable bonds is 6. The molecule has 0 atom stereocenters. The topological polar surface area (TPSA) is 85.6 Å². The number of amides is 1. The summed E-state index contributed by atoms with van der Waals surface area (Å²) < 4.78 is 6.83. The molecule has 1 N–H and O–H groups in total. The number of hydrogen-bond donors (Lipinski definition) is 1. The molecule has 0 fully saturated rings. The fourth-order valence-electron chi connectivity index (χ4n) is 3.03. The predicted octanol–water partition coefficient (Wildman–Crippen LogP) is 3.44. The first-order valence-electron chi connectivity index (χ1n) is 9.82. The van der Waals surface area contributed by atoms with Gasteiger partial charge in [-0.3, -0.25) is 9.59 Å². The minimum absolute atomic E-state index is 0.109. The molecule has 4 aromatic rings. The van der Waals surface area contributed by atoms with Crippen molar-refractivity contribution in [3.63, 3.8) is 0 Å². The van der Waals surface area contributed by atoms with E-state index in [2.05, 4.69) is 15.4 Å². The van der Waals surface area contributed by atoms with Gasteiger partial charge < -0.3 is 10.1 Å². The quantitative estimate of drug-likeness (QED) is 0.502. The van der Waals surface area contributed by atoms with Crippen molar-refractivity contribution >= 4 is 22.2 Å². The molecule has 0 aliphatic rings. The Balaban J connectivity index is 1.43. The number of carbonyl (C=O) groups is 1. The van der Waals surface area contributed by atoms with Gasteiger partial charge in [0.1, 0.15) is 10.8 Å². The summed E-state index contributed by atoms with van der Waals surface area (Å²) in [5, 5.41) is 7.85. The van der Waals surface area contributed by atoms with E-state index in [1.54, 1.807) is 0 Å². The predicted molar refractivity (Wildman–Crippen MR) is 121 cm³/mol. The lowest BCUT2D eigenvalue weighted by Gasteiger charge is -2.09. The molecule has 4 rings (SSSR count). The second kappa shape index (κ2) is 8.69. The molecule has 0 saturated heterocycles. The summed E-state index contributed by atoms with van der Waals surface area (Å²) >= 11 is 1.33. The summed E-state index contributed by atoms with van der Waals surface area (Å²) in [6, 6.07) is 15.0. The molecular weight excluding hydrogens is 412 g/mol. The van der Waals surface area contributed by atoms with Gasteiger partial charge in [-0.25, -0.2) is 4.98 Å². The van der Waals surface area contributed by atoms with Crippen molar-refractivity contribution in [3.05, 3.63) is 81.3 Å². The van der Waals surface area contributed by atoms with Gasteiger partial charge >= 0.3 is 0 Å². The zero-order valence-corrected chi connectivity index (χ0v) is 18.3. The number of nitrogens with zero attached hydrogens (tertiary/aromatic N) is 3. The molecule has 0 radical (unpaired) electrons. The monoisotopic (exact) mass is 434 g/mol. The van der Waals surface area contributed by atoms with Crippen molar-refractivity contribution in [1.29, 1.82) is 0 Å². The van der Waals surface area contributed by atoms with Crippen molar-refractivity contribution in [1.82, 2.24) is 19.9 Å². The molecular formula is C23H22N4O3S. The third-order valence-corrected chi connectivity index (χ3v) is 5.84. The summed E-state index contributed by atoms with van der Waals surface area (Å²) in [5.41, 5.74) is 4.51. The van der Waals surface area contributed by atoms with E-state index < -0.39 is 0 Å². The Kier molecular flexibility index (Phi) is 5.81. The van der Waals surface area contributed by atoms with Gasteiger partial charge in [0.25, 0.3) is 11.5 Å². The fraction of sp³-hybridized carbons (Fsp3) is 0.217. The van der Waals surface area contributed by atoms with Crippen LogP contribution in [0.1, 0.15) is 22.4 Å². The molecule has 158 valence electrons. The number of ether oxygens (including phenoxy) is 1. The van der Waals surface area contributed by atoms with E-state index in [1.807, 2.05) is 63.2 Å². The van der Waals surface area contributed by atoms with Crippen LogP contribution in [0.5, 0.6) is 5.75 Å². The van der Waals surface area contributed by atoms with Crippen LogP contribution < -0.4 is 15.6 Å². The van der Waals surface area contributed by atoms with Crippen molar-refractivity contribution in [3.8, 4) is 16.3 Å². The van der Waals surface area contributed by atoms with Crippen molar-refractivity contribution < 1.29 is 9.53 Å². The molecule has 31 heavy (non-hydrogen) atoms. The van der Waals surface area contributed by atoms with Gasteiger partial charge in [0, 0.05) is 11.6 Å². The Bertz CT molecular complexity index is 1330. The first kappa shape index (κ1) is 20.7. The lowest BCUT2D eigenvalue weighted by molar-refractivity contribution is -0.123. The van der Waals surface area contributed by atoms with Gasteiger partial charge in [0.05, 0.1) is 12.2 Å². The van der Waals surface area contributed by atoms with Crippen LogP contribution in [0.4, 0.5) is 0 Å². The summed E-state index contributed by atoms with van der Waals surface area (Å²) in [5.74, 6) is 0.356. The van der Waals surface area contributed by atoms with Crippen LogP contribution in [0.25, 0.3) is 15.5 Å². The Hall–Kier alpha value is -3.52. The Morgan fingerprint density at radius 3 is 2.71 bits per heavy atom. The summed E-state index contributed by atoms with van der Waals surface area (Å²) in [7, 11) is 0. The van der Waals surface area contributed by atoms with Crippen molar-refractivity contribution in [2.75, 3.05) is 6.61 Å². The largest absolute Gasteiger partial charge is 0.484 e. The number of nitrogens with one attached hydrogen (secondary N) is 1. The third-order valence-electron chi connectivity index (χ3n) is 4.88. The Labute approximate surface area is 183 Å². The van der Waals surface area contributed by atoms with Crippen LogP contribution in [-0.4, -0.2) is 27.1 Å². The van der Waals surface area contributed by atoms with Gasteiger partial charge in [-0.15, -0.1) is 0 Å². The standard InChI is InChI=1S/C23H22N4O3S/c1-14-5-4-6-17(9-14)22-26-27-21(29)11-18(25-23(27)31-22)12-24-20(28)13-30-19-8-7-15(2)16(3)10-19/h4-11H,12-13H2,1-3H3,(H,24,28). The van der Waals surface area contributed by atoms with Crippen LogP contribution in [-0.2, 0) is 11.3 Å². The average Bonchev–Trinajstić information content (AvgIpc) is 3.18. The van der Waals surface area contributed by atoms with E-state index in [-0.39, 0.29) is 24.6 Å². The lowest BCUT2D eigenvalue weighted by Crippen LogP contribution is -2.29. The third kappa shape index (κ3) is 4.80. The highest BCUT2D eigenvalue weighted by molar-refractivity contribution is 7.19. The molecule has 8 heteroatoms. The zero-order valence-electron chi connectivity index (χ0n) is 17.5.